The number of hydrogen-bond acceptors (Lipinski definition) is 4. The summed E-state index contributed by atoms with van der Waals surface area (Å²) in [6, 6.07) is 24.6. The molecule has 1 atom stereocenters. The molecule has 0 saturated heterocycles. The van der Waals surface area contributed by atoms with E-state index in [4.69, 9.17) is 0 Å². The number of nitrogens with one attached hydrogen (secondary N) is 2. The minimum absolute atomic E-state index is 0.0956. The van der Waals surface area contributed by atoms with E-state index in [0.717, 1.165) is 15.7 Å². The van der Waals surface area contributed by atoms with Crippen LogP contribution in [0.5, 0.6) is 0 Å². The van der Waals surface area contributed by atoms with E-state index in [1.165, 1.54) is 11.8 Å². The lowest BCUT2D eigenvalue weighted by molar-refractivity contribution is -0.115. The van der Waals surface area contributed by atoms with Gasteiger partial charge in [-0.3, -0.25) is 14.6 Å². The normalized spacial score (nSPS) is 11.6. The number of benzene rings is 3. The molecule has 0 aliphatic carbocycles. The number of aromatic nitrogens is 1. The number of thioether (sulfide) groups is 1. The van der Waals surface area contributed by atoms with Crippen molar-refractivity contribution in [1.29, 1.82) is 0 Å². The van der Waals surface area contributed by atoms with Crippen molar-refractivity contribution in [3.63, 3.8) is 0 Å². The maximum atomic E-state index is 12.7. The van der Waals surface area contributed by atoms with E-state index in [9.17, 15) is 9.59 Å². The SMILES string of the molecule is CC(Sc1cccc(NC(=O)c2ccc3ccccc3c2)c1)C(=O)Nc1ccncc1. The monoisotopic (exact) mass is 427 g/mol. The zero-order valence-corrected chi connectivity index (χ0v) is 17.7. The maximum absolute atomic E-state index is 12.7. The van der Waals surface area contributed by atoms with Crippen molar-refractivity contribution in [2.45, 2.75) is 17.1 Å². The summed E-state index contributed by atoms with van der Waals surface area (Å²) in [6.45, 7) is 1.85. The maximum Gasteiger partial charge on any atom is 0.255 e. The second-order valence-electron chi connectivity index (χ2n) is 7.03. The van der Waals surface area contributed by atoms with Gasteiger partial charge in [0, 0.05) is 34.2 Å². The summed E-state index contributed by atoms with van der Waals surface area (Å²) in [5, 5.41) is 7.63. The van der Waals surface area contributed by atoms with Crippen molar-refractivity contribution in [3.05, 3.63) is 96.8 Å². The summed E-state index contributed by atoms with van der Waals surface area (Å²) in [4.78, 5) is 30.0. The van der Waals surface area contributed by atoms with Crippen LogP contribution in [-0.4, -0.2) is 22.0 Å². The molecule has 1 aromatic heterocycles. The summed E-state index contributed by atoms with van der Waals surface area (Å²) in [5.41, 5.74) is 2.00. The van der Waals surface area contributed by atoms with E-state index in [1.54, 1.807) is 24.5 Å². The second-order valence-corrected chi connectivity index (χ2v) is 8.44. The lowest BCUT2D eigenvalue weighted by Gasteiger charge is -2.13. The van der Waals surface area contributed by atoms with Crippen molar-refractivity contribution >= 4 is 45.7 Å². The molecule has 0 spiro atoms. The number of anilines is 2. The molecule has 0 fully saturated rings. The molecule has 4 aromatic rings. The Morgan fingerprint density at radius 1 is 0.806 bits per heavy atom. The van der Waals surface area contributed by atoms with Crippen molar-refractivity contribution < 1.29 is 9.59 Å². The quantitative estimate of drug-likeness (QED) is 0.393. The van der Waals surface area contributed by atoms with Crippen LogP contribution in [0.25, 0.3) is 10.8 Å². The van der Waals surface area contributed by atoms with Gasteiger partial charge in [0.1, 0.15) is 0 Å². The van der Waals surface area contributed by atoms with Crippen LogP contribution in [0.2, 0.25) is 0 Å². The van der Waals surface area contributed by atoms with E-state index in [2.05, 4.69) is 15.6 Å². The molecule has 0 bridgehead atoms. The molecule has 2 amide bonds. The highest BCUT2D eigenvalue weighted by molar-refractivity contribution is 8.00. The Morgan fingerprint density at radius 3 is 2.39 bits per heavy atom. The number of hydrogen-bond donors (Lipinski definition) is 2. The smallest absolute Gasteiger partial charge is 0.255 e. The van der Waals surface area contributed by atoms with Crippen LogP contribution in [0, 0.1) is 0 Å². The third-order valence-corrected chi connectivity index (χ3v) is 5.83. The molecule has 0 saturated carbocycles. The molecular formula is C25H21N3O2S. The summed E-state index contributed by atoms with van der Waals surface area (Å²) in [7, 11) is 0. The first-order valence-corrected chi connectivity index (χ1v) is 10.7. The molecule has 0 aliphatic rings. The van der Waals surface area contributed by atoms with Crippen LogP contribution >= 0.6 is 11.8 Å². The second kappa shape index (κ2) is 9.45. The fraction of sp³-hybridized carbons (Fsp3) is 0.0800. The fourth-order valence-corrected chi connectivity index (χ4v) is 4.04. The Hall–Kier alpha value is -3.64. The lowest BCUT2D eigenvalue weighted by atomic mass is 10.1. The topological polar surface area (TPSA) is 71.1 Å². The fourth-order valence-electron chi connectivity index (χ4n) is 3.12. The first-order valence-electron chi connectivity index (χ1n) is 9.86. The molecule has 4 rings (SSSR count). The highest BCUT2D eigenvalue weighted by Gasteiger charge is 2.15. The molecule has 1 heterocycles. The van der Waals surface area contributed by atoms with Crippen LogP contribution in [0.4, 0.5) is 11.4 Å². The molecular weight excluding hydrogens is 406 g/mol. The van der Waals surface area contributed by atoms with Gasteiger partial charge in [0.15, 0.2) is 0 Å². The van der Waals surface area contributed by atoms with Gasteiger partial charge in [-0.15, -0.1) is 11.8 Å². The molecule has 1 unspecified atom stereocenters. The average Bonchev–Trinajstić information content (AvgIpc) is 2.79. The molecule has 154 valence electrons. The number of carbonyl (C=O) groups is 2. The van der Waals surface area contributed by atoms with Crippen LogP contribution in [-0.2, 0) is 4.79 Å². The highest BCUT2D eigenvalue weighted by atomic mass is 32.2. The van der Waals surface area contributed by atoms with Gasteiger partial charge in [0.25, 0.3) is 5.91 Å². The third-order valence-electron chi connectivity index (χ3n) is 4.73. The molecule has 6 heteroatoms. The Morgan fingerprint density at radius 2 is 1.58 bits per heavy atom. The summed E-state index contributed by atoms with van der Waals surface area (Å²) < 4.78 is 0. The minimum atomic E-state index is -0.306. The Balaban J connectivity index is 1.41. The van der Waals surface area contributed by atoms with Crippen LogP contribution in [0.1, 0.15) is 17.3 Å². The summed E-state index contributed by atoms with van der Waals surface area (Å²) in [5.74, 6) is -0.266. The molecule has 3 aromatic carbocycles. The predicted octanol–water partition coefficient (Wildman–Crippen LogP) is 5.61. The zero-order valence-electron chi connectivity index (χ0n) is 16.9. The standard InChI is InChI=1S/C25H21N3O2S/c1-17(24(29)27-21-11-13-26-14-12-21)31-23-8-4-7-22(16-23)28-25(30)20-10-9-18-5-2-3-6-19(18)15-20/h2-17H,1H3,(H,28,30)(H,26,27,29). The highest BCUT2D eigenvalue weighted by Crippen LogP contribution is 2.27. The van der Waals surface area contributed by atoms with Crippen molar-refractivity contribution in [1.82, 2.24) is 4.98 Å². The van der Waals surface area contributed by atoms with E-state index >= 15 is 0 Å². The van der Waals surface area contributed by atoms with E-state index < -0.39 is 0 Å². The van der Waals surface area contributed by atoms with Crippen LogP contribution < -0.4 is 10.6 Å². The van der Waals surface area contributed by atoms with Gasteiger partial charge in [-0.25, -0.2) is 0 Å². The average molecular weight is 428 g/mol. The van der Waals surface area contributed by atoms with Gasteiger partial charge in [-0.2, -0.15) is 0 Å². The Bertz CT molecular complexity index is 1230. The summed E-state index contributed by atoms with van der Waals surface area (Å²) in [6.07, 6.45) is 3.27. The molecule has 5 nitrogen and oxygen atoms in total. The van der Waals surface area contributed by atoms with Crippen molar-refractivity contribution in [2.24, 2.45) is 0 Å². The Kier molecular flexibility index (Phi) is 6.29. The predicted molar refractivity (Wildman–Crippen MR) is 127 cm³/mol. The number of rotatable bonds is 6. The van der Waals surface area contributed by atoms with Crippen molar-refractivity contribution in [2.75, 3.05) is 10.6 Å². The van der Waals surface area contributed by atoms with Crippen LogP contribution in [0.3, 0.4) is 0 Å². The number of carbonyl (C=O) groups excluding carboxylic acids is 2. The Labute approximate surface area is 184 Å². The number of nitrogens with zero attached hydrogens (tertiary/aromatic N) is 1. The number of fused-ring (bicyclic) bond motifs is 1. The lowest BCUT2D eigenvalue weighted by Crippen LogP contribution is -2.22. The van der Waals surface area contributed by atoms with E-state index in [0.29, 0.717) is 16.9 Å². The largest absolute Gasteiger partial charge is 0.325 e. The van der Waals surface area contributed by atoms with Gasteiger partial charge >= 0.3 is 0 Å². The number of pyridine rings is 1. The first-order chi connectivity index (χ1) is 15.1. The molecule has 0 radical (unpaired) electrons. The summed E-state index contributed by atoms with van der Waals surface area (Å²) >= 11 is 1.43. The third kappa shape index (κ3) is 5.29. The van der Waals surface area contributed by atoms with E-state index in [1.807, 2.05) is 73.7 Å². The first kappa shape index (κ1) is 20.6. The minimum Gasteiger partial charge on any atom is -0.325 e. The van der Waals surface area contributed by atoms with Gasteiger partial charge in [-0.05, 0) is 60.2 Å². The van der Waals surface area contributed by atoms with Gasteiger partial charge in [0.2, 0.25) is 5.91 Å². The molecule has 31 heavy (non-hydrogen) atoms. The zero-order chi connectivity index (χ0) is 21.6. The van der Waals surface area contributed by atoms with Gasteiger partial charge < -0.3 is 10.6 Å². The van der Waals surface area contributed by atoms with E-state index in [-0.39, 0.29) is 17.1 Å². The van der Waals surface area contributed by atoms with Gasteiger partial charge in [0.05, 0.1) is 5.25 Å². The van der Waals surface area contributed by atoms with Crippen molar-refractivity contribution in [3.8, 4) is 0 Å². The molecule has 0 aliphatic heterocycles. The number of amides is 2. The van der Waals surface area contributed by atoms with Gasteiger partial charge in [-0.1, -0.05) is 36.4 Å². The van der Waals surface area contributed by atoms with Crippen LogP contribution in [0.15, 0.2) is 96.2 Å². The molecule has 2 N–H and O–H groups in total.